The molecule has 0 spiro atoms. The SMILES string of the molecule is OC1(c2ccccn2)[C@H]2CCC[C@H]1CN(Cc1ccccc1F)C2. The lowest BCUT2D eigenvalue weighted by atomic mass is 9.64. The molecule has 2 atom stereocenters. The molecule has 1 saturated heterocycles. The summed E-state index contributed by atoms with van der Waals surface area (Å²) < 4.78 is 14.0. The Labute approximate surface area is 142 Å². The first-order valence-corrected chi connectivity index (χ1v) is 8.77. The quantitative estimate of drug-likeness (QED) is 0.940. The van der Waals surface area contributed by atoms with E-state index in [9.17, 15) is 9.50 Å². The minimum Gasteiger partial charge on any atom is -0.383 e. The monoisotopic (exact) mass is 326 g/mol. The Morgan fingerprint density at radius 2 is 1.79 bits per heavy atom. The van der Waals surface area contributed by atoms with Crippen LogP contribution in [0.3, 0.4) is 0 Å². The zero-order valence-corrected chi connectivity index (χ0v) is 13.7. The van der Waals surface area contributed by atoms with E-state index in [-0.39, 0.29) is 17.7 Å². The lowest BCUT2D eigenvalue weighted by molar-refractivity contribution is -0.151. The van der Waals surface area contributed by atoms with Crippen molar-refractivity contribution in [2.45, 2.75) is 31.4 Å². The van der Waals surface area contributed by atoms with E-state index < -0.39 is 5.60 Å². The number of piperidine rings is 1. The van der Waals surface area contributed by atoms with Gasteiger partial charge in [-0.15, -0.1) is 0 Å². The number of aromatic nitrogens is 1. The van der Waals surface area contributed by atoms with Crippen LogP contribution in [0.1, 0.15) is 30.5 Å². The van der Waals surface area contributed by atoms with E-state index >= 15 is 0 Å². The third-order valence-electron chi connectivity index (χ3n) is 5.73. The molecule has 0 unspecified atom stereocenters. The van der Waals surface area contributed by atoms with Gasteiger partial charge in [0.1, 0.15) is 11.4 Å². The summed E-state index contributed by atoms with van der Waals surface area (Å²) in [5.74, 6) is 0.173. The number of rotatable bonds is 3. The van der Waals surface area contributed by atoms with Crippen molar-refractivity contribution < 1.29 is 9.50 Å². The van der Waals surface area contributed by atoms with Crippen LogP contribution in [0.5, 0.6) is 0 Å². The average molecular weight is 326 g/mol. The summed E-state index contributed by atoms with van der Waals surface area (Å²) in [5, 5.41) is 11.5. The molecule has 2 bridgehead atoms. The Hall–Kier alpha value is -1.78. The Kier molecular flexibility index (Phi) is 4.10. The molecule has 0 amide bonds. The summed E-state index contributed by atoms with van der Waals surface area (Å²) >= 11 is 0. The largest absolute Gasteiger partial charge is 0.383 e. The Balaban J connectivity index is 1.58. The minimum absolute atomic E-state index is 0.145. The lowest BCUT2D eigenvalue weighted by Gasteiger charge is -2.52. The van der Waals surface area contributed by atoms with Crippen molar-refractivity contribution in [1.29, 1.82) is 0 Å². The second-order valence-electron chi connectivity index (χ2n) is 7.15. The Bertz CT molecular complexity index is 692. The van der Waals surface area contributed by atoms with Gasteiger partial charge in [0.05, 0.1) is 5.69 Å². The van der Waals surface area contributed by atoms with Gasteiger partial charge in [-0.05, 0) is 31.0 Å². The van der Waals surface area contributed by atoms with Crippen LogP contribution in [-0.2, 0) is 12.1 Å². The number of nitrogens with zero attached hydrogens (tertiary/aromatic N) is 2. The molecule has 1 aliphatic heterocycles. The molecule has 4 rings (SSSR count). The molecule has 1 aliphatic carbocycles. The van der Waals surface area contributed by atoms with Gasteiger partial charge in [-0.1, -0.05) is 30.7 Å². The molecule has 1 aromatic heterocycles. The van der Waals surface area contributed by atoms with Gasteiger partial charge in [0.25, 0.3) is 0 Å². The number of aliphatic hydroxyl groups is 1. The molecule has 0 radical (unpaired) electrons. The first-order chi connectivity index (χ1) is 11.7. The summed E-state index contributed by atoms with van der Waals surface area (Å²) in [6, 6.07) is 12.8. The molecule has 1 N–H and O–H groups in total. The maximum atomic E-state index is 14.0. The average Bonchev–Trinajstić information content (AvgIpc) is 2.59. The topological polar surface area (TPSA) is 36.4 Å². The van der Waals surface area contributed by atoms with Crippen molar-refractivity contribution >= 4 is 0 Å². The van der Waals surface area contributed by atoms with Gasteiger partial charge in [-0.2, -0.15) is 0 Å². The maximum Gasteiger partial charge on any atom is 0.127 e. The number of pyridine rings is 1. The zero-order valence-electron chi connectivity index (χ0n) is 13.7. The third-order valence-corrected chi connectivity index (χ3v) is 5.73. The molecule has 24 heavy (non-hydrogen) atoms. The summed E-state index contributed by atoms with van der Waals surface area (Å²) in [6.07, 6.45) is 4.90. The fraction of sp³-hybridized carbons (Fsp3) is 0.450. The molecular formula is C20H23FN2O. The highest BCUT2D eigenvalue weighted by atomic mass is 19.1. The number of halogens is 1. The van der Waals surface area contributed by atoms with E-state index in [2.05, 4.69) is 9.88 Å². The van der Waals surface area contributed by atoms with Crippen LogP contribution >= 0.6 is 0 Å². The smallest absolute Gasteiger partial charge is 0.127 e. The number of likely N-dealkylation sites (tertiary alicyclic amines) is 1. The summed E-state index contributed by atoms with van der Waals surface area (Å²) in [7, 11) is 0. The fourth-order valence-electron chi connectivity index (χ4n) is 4.56. The van der Waals surface area contributed by atoms with Crippen LogP contribution in [0.15, 0.2) is 48.7 Å². The summed E-state index contributed by atoms with van der Waals surface area (Å²) in [5.41, 5.74) is 0.690. The van der Waals surface area contributed by atoms with Gasteiger partial charge in [-0.3, -0.25) is 9.88 Å². The molecule has 3 nitrogen and oxygen atoms in total. The predicted molar refractivity (Wildman–Crippen MR) is 90.6 cm³/mol. The Morgan fingerprint density at radius 3 is 2.46 bits per heavy atom. The maximum absolute atomic E-state index is 14.0. The van der Waals surface area contributed by atoms with E-state index in [0.717, 1.165) is 43.6 Å². The van der Waals surface area contributed by atoms with Gasteiger partial charge in [-0.25, -0.2) is 4.39 Å². The van der Waals surface area contributed by atoms with Crippen molar-refractivity contribution in [2.24, 2.45) is 11.8 Å². The third kappa shape index (κ3) is 2.64. The van der Waals surface area contributed by atoms with E-state index in [1.165, 1.54) is 6.07 Å². The standard InChI is InChI=1S/C20H23FN2O/c21-18-9-2-1-6-15(18)12-23-13-16-7-5-8-17(14-23)20(16,24)19-10-3-4-11-22-19/h1-4,6,9-11,16-17,24H,5,7-8,12-14H2/t16-,17-/m0/s1. The van der Waals surface area contributed by atoms with Crippen molar-refractivity contribution in [3.05, 3.63) is 65.7 Å². The highest BCUT2D eigenvalue weighted by Gasteiger charge is 2.52. The number of hydrogen-bond acceptors (Lipinski definition) is 3. The Morgan fingerprint density at radius 1 is 1.08 bits per heavy atom. The van der Waals surface area contributed by atoms with Gasteiger partial charge in [0, 0.05) is 43.2 Å². The van der Waals surface area contributed by atoms with Gasteiger partial charge >= 0.3 is 0 Å². The molecule has 2 heterocycles. The van der Waals surface area contributed by atoms with Crippen LogP contribution in [0.4, 0.5) is 4.39 Å². The van der Waals surface area contributed by atoms with Gasteiger partial charge in [0.15, 0.2) is 0 Å². The normalized spacial score (nSPS) is 30.2. The molecule has 2 fully saturated rings. The van der Waals surface area contributed by atoms with Crippen LogP contribution in [0.2, 0.25) is 0 Å². The second-order valence-corrected chi connectivity index (χ2v) is 7.15. The molecular weight excluding hydrogens is 303 g/mol. The molecule has 2 aromatic rings. The molecule has 1 saturated carbocycles. The van der Waals surface area contributed by atoms with Gasteiger partial charge < -0.3 is 5.11 Å². The molecule has 1 aromatic carbocycles. The summed E-state index contributed by atoms with van der Waals surface area (Å²) in [4.78, 5) is 6.75. The van der Waals surface area contributed by atoms with Crippen molar-refractivity contribution in [3.8, 4) is 0 Å². The van der Waals surface area contributed by atoms with E-state index in [0.29, 0.717) is 6.54 Å². The van der Waals surface area contributed by atoms with Crippen LogP contribution in [0.25, 0.3) is 0 Å². The van der Waals surface area contributed by atoms with E-state index in [1.54, 1.807) is 12.3 Å². The van der Waals surface area contributed by atoms with Crippen LogP contribution < -0.4 is 0 Å². The molecule has 4 heteroatoms. The molecule has 126 valence electrons. The first-order valence-electron chi connectivity index (χ1n) is 8.77. The first kappa shape index (κ1) is 15.7. The van der Waals surface area contributed by atoms with Gasteiger partial charge in [0.2, 0.25) is 0 Å². The summed E-state index contributed by atoms with van der Waals surface area (Å²) in [6.45, 7) is 2.19. The highest BCUT2D eigenvalue weighted by Crippen LogP contribution is 2.48. The van der Waals surface area contributed by atoms with Crippen molar-refractivity contribution in [3.63, 3.8) is 0 Å². The number of fused-ring (bicyclic) bond motifs is 2. The molecule has 2 aliphatic rings. The van der Waals surface area contributed by atoms with Crippen molar-refractivity contribution in [2.75, 3.05) is 13.1 Å². The predicted octanol–water partition coefficient (Wildman–Crippen LogP) is 3.34. The van der Waals surface area contributed by atoms with Crippen LogP contribution in [0, 0.1) is 17.7 Å². The number of benzene rings is 1. The van der Waals surface area contributed by atoms with Crippen molar-refractivity contribution in [1.82, 2.24) is 9.88 Å². The fourth-order valence-corrected chi connectivity index (χ4v) is 4.56. The minimum atomic E-state index is -0.842. The second kappa shape index (κ2) is 6.26. The van der Waals surface area contributed by atoms with Crippen LogP contribution in [-0.4, -0.2) is 28.1 Å². The highest BCUT2D eigenvalue weighted by molar-refractivity contribution is 5.21. The van der Waals surface area contributed by atoms with E-state index in [4.69, 9.17) is 0 Å². The van der Waals surface area contributed by atoms with E-state index in [1.807, 2.05) is 30.3 Å². The number of hydrogen-bond donors (Lipinski definition) is 1. The zero-order chi connectivity index (χ0) is 16.6. The lowest BCUT2D eigenvalue weighted by Crippen LogP contribution is -2.58.